The van der Waals surface area contributed by atoms with Crippen molar-refractivity contribution in [2.45, 2.75) is 33.6 Å². The highest BCUT2D eigenvalue weighted by Gasteiger charge is 2.51. The van der Waals surface area contributed by atoms with E-state index in [-0.39, 0.29) is 18.6 Å². The van der Waals surface area contributed by atoms with E-state index < -0.39 is 0 Å². The van der Waals surface area contributed by atoms with Crippen molar-refractivity contribution in [2.24, 2.45) is 29.1 Å². The quantitative estimate of drug-likeness (QED) is 0.722. The lowest BCUT2D eigenvalue weighted by molar-refractivity contribution is 0.0236. The molecule has 0 aromatic rings. The van der Waals surface area contributed by atoms with E-state index in [1.54, 1.807) is 0 Å². The van der Waals surface area contributed by atoms with Gasteiger partial charge in [0.25, 0.3) is 0 Å². The normalized spacial score (nSPS) is 42.6. The van der Waals surface area contributed by atoms with Gasteiger partial charge >= 0.3 is 0 Å². The lowest BCUT2D eigenvalue weighted by atomic mass is 9.60. The average Bonchev–Trinajstić information content (AvgIpc) is 2.42. The van der Waals surface area contributed by atoms with Crippen LogP contribution in [-0.4, -0.2) is 23.4 Å². The van der Waals surface area contributed by atoms with Crippen molar-refractivity contribution >= 4 is 0 Å². The highest BCUT2D eigenvalue weighted by molar-refractivity contribution is 5.28. The van der Waals surface area contributed by atoms with Gasteiger partial charge in [-0.05, 0) is 47.5 Å². The first-order valence-corrected chi connectivity index (χ1v) is 6.47. The minimum Gasteiger partial charge on any atom is -0.396 e. The summed E-state index contributed by atoms with van der Waals surface area (Å²) in [7, 11) is 0. The molecule has 2 aliphatic rings. The lowest BCUT2D eigenvalue weighted by Crippen LogP contribution is -2.40. The predicted octanol–water partition coefficient (Wildman–Crippen LogP) is 2.22. The molecular weight excluding hydrogens is 200 g/mol. The van der Waals surface area contributed by atoms with E-state index in [9.17, 15) is 10.2 Å². The van der Waals surface area contributed by atoms with Crippen LogP contribution >= 0.6 is 0 Å². The third-order valence-corrected chi connectivity index (χ3v) is 5.12. The topological polar surface area (TPSA) is 40.5 Å². The van der Waals surface area contributed by atoms with Crippen LogP contribution in [0.25, 0.3) is 0 Å². The maximum absolute atomic E-state index is 9.63. The Morgan fingerprint density at radius 2 is 2.12 bits per heavy atom. The number of hydrogen-bond donors (Lipinski definition) is 2. The van der Waals surface area contributed by atoms with E-state index in [4.69, 9.17) is 0 Å². The van der Waals surface area contributed by atoms with Crippen LogP contribution in [0.15, 0.2) is 11.6 Å². The molecule has 2 aliphatic carbocycles. The van der Waals surface area contributed by atoms with Crippen molar-refractivity contribution in [3.05, 3.63) is 11.6 Å². The summed E-state index contributed by atoms with van der Waals surface area (Å²) in [6.45, 7) is 7.17. The molecule has 4 atom stereocenters. The molecule has 2 bridgehead atoms. The van der Waals surface area contributed by atoms with Gasteiger partial charge in [-0.15, -0.1) is 0 Å². The van der Waals surface area contributed by atoms with Gasteiger partial charge in [-0.2, -0.15) is 0 Å². The monoisotopic (exact) mass is 224 g/mol. The SMILES string of the molecule is CC(C)[C@H]1CC[C@@]2(C)C(CO)=CC1[C@@H]2CO. The largest absolute Gasteiger partial charge is 0.396 e. The Hall–Kier alpha value is -0.340. The molecule has 0 spiro atoms. The fourth-order valence-corrected chi connectivity index (χ4v) is 3.96. The number of allylic oxidation sites excluding steroid dienone is 1. The fourth-order valence-electron chi connectivity index (χ4n) is 3.96. The van der Waals surface area contributed by atoms with Gasteiger partial charge in [-0.25, -0.2) is 0 Å². The predicted molar refractivity (Wildman–Crippen MR) is 64.9 cm³/mol. The number of hydrogen-bond acceptors (Lipinski definition) is 2. The molecule has 0 aromatic carbocycles. The van der Waals surface area contributed by atoms with E-state index in [0.29, 0.717) is 23.7 Å². The van der Waals surface area contributed by atoms with E-state index >= 15 is 0 Å². The van der Waals surface area contributed by atoms with Crippen molar-refractivity contribution in [1.82, 2.24) is 0 Å². The second-order valence-electron chi connectivity index (χ2n) is 6.08. The van der Waals surface area contributed by atoms with Crippen molar-refractivity contribution in [3.63, 3.8) is 0 Å². The van der Waals surface area contributed by atoms with Gasteiger partial charge in [-0.3, -0.25) is 0 Å². The first kappa shape index (κ1) is 12.1. The number of rotatable bonds is 3. The molecule has 1 fully saturated rings. The molecule has 2 heteroatoms. The van der Waals surface area contributed by atoms with E-state index in [2.05, 4.69) is 26.8 Å². The molecule has 0 amide bonds. The zero-order valence-electron chi connectivity index (χ0n) is 10.6. The van der Waals surface area contributed by atoms with Crippen LogP contribution in [0.1, 0.15) is 33.6 Å². The zero-order valence-corrected chi connectivity index (χ0v) is 10.6. The summed E-state index contributed by atoms with van der Waals surface area (Å²) in [5.41, 5.74) is 1.22. The molecule has 1 unspecified atom stereocenters. The van der Waals surface area contributed by atoms with Crippen LogP contribution < -0.4 is 0 Å². The van der Waals surface area contributed by atoms with E-state index in [1.807, 2.05) is 0 Å². The Balaban J connectivity index is 2.32. The summed E-state index contributed by atoms with van der Waals surface area (Å²) in [6.07, 6.45) is 4.61. The van der Waals surface area contributed by atoms with Gasteiger partial charge in [-0.1, -0.05) is 26.8 Å². The first-order valence-electron chi connectivity index (χ1n) is 6.47. The Bertz CT molecular complexity index is 295. The number of aliphatic hydroxyl groups excluding tert-OH is 2. The van der Waals surface area contributed by atoms with Crippen molar-refractivity contribution < 1.29 is 10.2 Å². The fraction of sp³-hybridized carbons (Fsp3) is 0.857. The Kier molecular flexibility index (Phi) is 3.15. The molecule has 1 saturated carbocycles. The summed E-state index contributed by atoms with van der Waals surface area (Å²) in [5, 5.41) is 19.1. The van der Waals surface area contributed by atoms with Gasteiger partial charge in [0.2, 0.25) is 0 Å². The van der Waals surface area contributed by atoms with Crippen LogP contribution in [0, 0.1) is 29.1 Å². The Morgan fingerprint density at radius 3 is 2.62 bits per heavy atom. The van der Waals surface area contributed by atoms with Crippen molar-refractivity contribution in [1.29, 1.82) is 0 Å². The molecule has 16 heavy (non-hydrogen) atoms. The molecule has 92 valence electrons. The number of aliphatic hydroxyl groups is 2. The first-order chi connectivity index (χ1) is 7.54. The zero-order chi connectivity index (χ0) is 11.9. The molecule has 0 aromatic heterocycles. The van der Waals surface area contributed by atoms with E-state index in [1.165, 1.54) is 12.0 Å². The second-order valence-corrected chi connectivity index (χ2v) is 6.08. The van der Waals surface area contributed by atoms with Crippen LogP contribution in [-0.2, 0) is 0 Å². The molecule has 0 aliphatic heterocycles. The third kappa shape index (κ3) is 1.54. The van der Waals surface area contributed by atoms with Crippen LogP contribution in [0.2, 0.25) is 0 Å². The van der Waals surface area contributed by atoms with Gasteiger partial charge in [0.15, 0.2) is 0 Å². The Labute approximate surface area is 98.4 Å². The Morgan fingerprint density at radius 1 is 1.44 bits per heavy atom. The smallest absolute Gasteiger partial charge is 0.0647 e. The highest BCUT2D eigenvalue weighted by Crippen LogP contribution is 2.57. The van der Waals surface area contributed by atoms with Gasteiger partial charge in [0.1, 0.15) is 0 Å². The molecule has 0 saturated heterocycles. The summed E-state index contributed by atoms with van der Waals surface area (Å²) in [6, 6.07) is 0. The molecule has 0 radical (unpaired) electrons. The average molecular weight is 224 g/mol. The summed E-state index contributed by atoms with van der Waals surface area (Å²) in [5.74, 6) is 2.15. The number of fused-ring (bicyclic) bond motifs is 2. The minimum absolute atomic E-state index is 0.0551. The highest BCUT2D eigenvalue weighted by atomic mass is 16.3. The van der Waals surface area contributed by atoms with Gasteiger partial charge in [0, 0.05) is 6.61 Å². The molecule has 2 N–H and O–H groups in total. The summed E-state index contributed by atoms with van der Waals surface area (Å²) >= 11 is 0. The van der Waals surface area contributed by atoms with Crippen molar-refractivity contribution in [2.75, 3.05) is 13.2 Å². The standard InChI is InChI=1S/C14H24O2/c1-9(2)11-4-5-14(3)10(7-15)6-12(11)13(14)8-16/h6,9,11-13,15-16H,4-5,7-8H2,1-3H3/t11-,12?,13+,14+/m1/s1. The van der Waals surface area contributed by atoms with Crippen LogP contribution in [0.3, 0.4) is 0 Å². The van der Waals surface area contributed by atoms with E-state index in [0.717, 1.165) is 6.42 Å². The molecule has 2 rings (SSSR count). The second kappa shape index (κ2) is 4.15. The maximum Gasteiger partial charge on any atom is 0.0647 e. The summed E-state index contributed by atoms with van der Waals surface area (Å²) in [4.78, 5) is 0. The van der Waals surface area contributed by atoms with Crippen LogP contribution in [0.5, 0.6) is 0 Å². The third-order valence-electron chi connectivity index (χ3n) is 5.12. The van der Waals surface area contributed by atoms with Crippen molar-refractivity contribution in [3.8, 4) is 0 Å². The molecule has 2 nitrogen and oxygen atoms in total. The lowest BCUT2D eigenvalue weighted by Gasteiger charge is -2.45. The van der Waals surface area contributed by atoms with Gasteiger partial charge in [0.05, 0.1) is 6.61 Å². The molecular formula is C14H24O2. The molecule has 0 heterocycles. The minimum atomic E-state index is 0.0551. The van der Waals surface area contributed by atoms with Crippen LogP contribution in [0.4, 0.5) is 0 Å². The van der Waals surface area contributed by atoms with Gasteiger partial charge < -0.3 is 10.2 Å². The maximum atomic E-state index is 9.63. The summed E-state index contributed by atoms with van der Waals surface area (Å²) < 4.78 is 0.